The van der Waals surface area contributed by atoms with Gasteiger partial charge in [-0.15, -0.1) is 0 Å². The molecule has 0 saturated heterocycles. The van der Waals surface area contributed by atoms with E-state index in [1.807, 2.05) is 23.4 Å². The highest BCUT2D eigenvalue weighted by Crippen LogP contribution is 2.27. The first-order chi connectivity index (χ1) is 7.60. The van der Waals surface area contributed by atoms with Crippen LogP contribution in [0.5, 0.6) is 0 Å². The number of aromatic nitrogens is 2. The highest BCUT2D eigenvalue weighted by atomic mass is 79.9. The number of aryl methyl sites for hydroxylation is 2. The monoisotopic (exact) mass is 306 g/mol. The van der Waals surface area contributed by atoms with Gasteiger partial charge in [0, 0.05) is 24.2 Å². The molecule has 0 aromatic carbocycles. The van der Waals surface area contributed by atoms with Crippen LogP contribution in [-0.2, 0) is 12.3 Å². The lowest BCUT2D eigenvalue weighted by Gasteiger charge is -2.10. The summed E-state index contributed by atoms with van der Waals surface area (Å²) in [6.07, 6.45) is 0.849. The molecule has 0 fully saturated rings. The minimum Gasteiger partial charge on any atom is -0.396 e. The van der Waals surface area contributed by atoms with Crippen molar-refractivity contribution in [1.82, 2.24) is 9.78 Å². The SMILES string of the molecule is CCn1nc(C)c(Br)c1CSC(C)CCO. The van der Waals surface area contributed by atoms with Crippen LogP contribution >= 0.6 is 27.7 Å². The summed E-state index contributed by atoms with van der Waals surface area (Å²) in [5, 5.41) is 13.8. The van der Waals surface area contributed by atoms with Gasteiger partial charge in [-0.25, -0.2) is 0 Å². The lowest BCUT2D eigenvalue weighted by atomic mass is 10.3. The Bertz CT molecular complexity index is 341. The summed E-state index contributed by atoms with van der Waals surface area (Å²) < 4.78 is 3.16. The smallest absolute Gasteiger partial charge is 0.0739 e. The maximum atomic E-state index is 8.85. The zero-order valence-corrected chi connectivity index (χ0v) is 12.4. The van der Waals surface area contributed by atoms with Crippen molar-refractivity contribution in [2.75, 3.05) is 6.61 Å². The van der Waals surface area contributed by atoms with Gasteiger partial charge in [-0.3, -0.25) is 4.68 Å². The summed E-state index contributed by atoms with van der Waals surface area (Å²) in [5.74, 6) is 0.941. The Labute approximate surface area is 110 Å². The Morgan fingerprint density at radius 3 is 2.81 bits per heavy atom. The topological polar surface area (TPSA) is 38.0 Å². The molecule has 0 aliphatic carbocycles. The van der Waals surface area contributed by atoms with E-state index in [-0.39, 0.29) is 6.61 Å². The molecule has 92 valence electrons. The molecule has 0 aliphatic heterocycles. The highest BCUT2D eigenvalue weighted by Gasteiger charge is 2.13. The molecule has 1 N–H and O–H groups in total. The van der Waals surface area contributed by atoms with Crippen LogP contribution in [0.3, 0.4) is 0 Å². The average molecular weight is 307 g/mol. The summed E-state index contributed by atoms with van der Waals surface area (Å²) in [6.45, 7) is 7.43. The zero-order valence-electron chi connectivity index (χ0n) is 10.0. The summed E-state index contributed by atoms with van der Waals surface area (Å²) in [4.78, 5) is 0. The second kappa shape index (κ2) is 6.67. The van der Waals surface area contributed by atoms with Crippen LogP contribution in [0, 0.1) is 6.92 Å². The van der Waals surface area contributed by atoms with E-state index in [4.69, 9.17) is 5.11 Å². The molecule has 16 heavy (non-hydrogen) atoms. The number of nitrogens with zero attached hydrogens (tertiary/aromatic N) is 2. The van der Waals surface area contributed by atoms with E-state index >= 15 is 0 Å². The van der Waals surface area contributed by atoms with E-state index in [0.717, 1.165) is 28.9 Å². The quantitative estimate of drug-likeness (QED) is 0.878. The van der Waals surface area contributed by atoms with Crippen LogP contribution in [0.25, 0.3) is 0 Å². The lowest BCUT2D eigenvalue weighted by molar-refractivity contribution is 0.289. The molecule has 1 heterocycles. The van der Waals surface area contributed by atoms with Crippen LogP contribution in [0.2, 0.25) is 0 Å². The maximum absolute atomic E-state index is 8.85. The molecule has 0 aliphatic rings. The van der Waals surface area contributed by atoms with E-state index in [9.17, 15) is 0 Å². The van der Waals surface area contributed by atoms with Gasteiger partial charge in [-0.2, -0.15) is 16.9 Å². The van der Waals surface area contributed by atoms with Gasteiger partial charge in [0.25, 0.3) is 0 Å². The average Bonchev–Trinajstić information content (AvgIpc) is 2.53. The maximum Gasteiger partial charge on any atom is 0.0739 e. The Morgan fingerprint density at radius 1 is 1.56 bits per heavy atom. The zero-order chi connectivity index (χ0) is 12.1. The van der Waals surface area contributed by atoms with Crippen molar-refractivity contribution in [2.24, 2.45) is 0 Å². The van der Waals surface area contributed by atoms with Crippen molar-refractivity contribution in [3.05, 3.63) is 15.9 Å². The van der Waals surface area contributed by atoms with Gasteiger partial charge in [-0.05, 0) is 36.2 Å². The molecule has 1 unspecified atom stereocenters. The molecule has 5 heteroatoms. The van der Waals surface area contributed by atoms with E-state index in [1.165, 1.54) is 5.69 Å². The molecule has 0 saturated carbocycles. The fourth-order valence-corrected chi connectivity index (χ4v) is 3.11. The second-order valence-corrected chi connectivity index (χ2v) is 6.02. The number of rotatable bonds is 6. The summed E-state index contributed by atoms with van der Waals surface area (Å²) in [5.41, 5.74) is 2.29. The molecule has 1 rings (SSSR count). The van der Waals surface area contributed by atoms with E-state index in [0.29, 0.717) is 5.25 Å². The first-order valence-electron chi connectivity index (χ1n) is 5.54. The molecule has 1 aromatic rings. The first kappa shape index (κ1) is 14.1. The third kappa shape index (κ3) is 3.50. The number of aliphatic hydroxyl groups is 1. The molecule has 1 aromatic heterocycles. The van der Waals surface area contributed by atoms with Crippen LogP contribution < -0.4 is 0 Å². The Hall–Kier alpha value is -0.0000000000000000763. The Kier molecular flexibility index (Phi) is 5.86. The van der Waals surface area contributed by atoms with Gasteiger partial charge < -0.3 is 5.11 Å². The minimum absolute atomic E-state index is 0.265. The fourth-order valence-electron chi connectivity index (χ4n) is 1.49. The molecule has 0 spiro atoms. The fraction of sp³-hybridized carbons (Fsp3) is 0.727. The standard InChI is InChI=1S/C11H19BrN2OS/c1-4-14-10(11(12)9(3)13-14)7-16-8(2)5-6-15/h8,15H,4-7H2,1-3H3. The van der Waals surface area contributed by atoms with Gasteiger partial charge in [0.15, 0.2) is 0 Å². The third-order valence-corrected chi connectivity index (χ3v) is 4.77. The van der Waals surface area contributed by atoms with Gasteiger partial charge in [0.1, 0.15) is 0 Å². The molecule has 0 radical (unpaired) electrons. The van der Waals surface area contributed by atoms with E-state index in [1.54, 1.807) is 0 Å². The van der Waals surface area contributed by atoms with E-state index in [2.05, 4.69) is 34.9 Å². The Morgan fingerprint density at radius 2 is 2.25 bits per heavy atom. The Balaban J connectivity index is 2.65. The predicted molar refractivity (Wildman–Crippen MR) is 72.8 cm³/mol. The summed E-state index contributed by atoms with van der Waals surface area (Å²) in [7, 11) is 0. The van der Waals surface area contributed by atoms with Crippen molar-refractivity contribution < 1.29 is 5.11 Å². The van der Waals surface area contributed by atoms with Crippen LogP contribution in [0.15, 0.2) is 4.47 Å². The van der Waals surface area contributed by atoms with Crippen molar-refractivity contribution in [3.63, 3.8) is 0 Å². The number of hydrogen-bond donors (Lipinski definition) is 1. The van der Waals surface area contributed by atoms with Crippen molar-refractivity contribution in [1.29, 1.82) is 0 Å². The predicted octanol–water partition coefficient (Wildman–Crippen LogP) is 2.98. The van der Waals surface area contributed by atoms with Gasteiger partial charge in [0.05, 0.1) is 15.9 Å². The third-order valence-electron chi connectivity index (χ3n) is 2.49. The summed E-state index contributed by atoms with van der Waals surface area (Å²) in [6, 6.07) is 0. The largest absolute Gasteiger partial charge is 0.396 e. The van der Waals surface area contributed by atoms with Crippen LogP contribution in [0.4, 0.5) is 0 Å². The van der Waals surface area contributed by atoms with Crippen LogP contribution in [-0.4, -0.2) is 26.7 Å². The first-order valence-corrected chi connectivity index (χ1v) is 7.38. The molecule has 3 nitrogen and oxygen atoms in total. The number of thioether (sulfide) groups is 1. The van der Waals surface area contributed by atoms with Gasteiger partial charge in [-0.1, -0.05) is 6.92 Å². The van der Waals surface area contributed by atoms with Crippen molar-refractivity contribution >= 4 is 27.7 Å². The number of halogens is 1. The minimum atomic E-state index is 0.265. The summed E-state index contributed by atoms with van der Waals surface area (Å²) >= 11 is 5.45. The normalized spacial score (nSPS) is 13.1. The van der Waals surface area contributed by atoms with Gasteiger partial charge in [0.2, 0.25) is 0 Å². The van der Waals surface area contributed by atoms with E-state index < -0.39 is 0 Å². The highest BCUT2D eigenvalue weighted by molar-refractivity contribution is 9.10. The molecular weight excluding hydrogens is 288 g/mol. The molecule has 0 bridgehead atoms. The molecular formula is C11H19BrN2OS. The number of hydrogen-bond acceptors (Lipinski definition) is 3. The van der Waals surface area contributed by atoms with Gasteiger partial charge >= 0.3 is 0 Å². The van der Waals surface area contributed by atoms with Crippen molar-refractivity contribution in [2.45, 2.75) is 44.7 Å². The van der Waals surface area contributed by atoms with Crippen molar-refractivity contribution in [3.8, 4) is 0 Å². The second-order valence-electron chi connectivity index (χ2n) is 3.80. The van der Waals surface area contributed by atoms with Crippen LogP contribution in [0.1, 0.15) is 31.7 Å². The molecule has 0 amide bonds. The lowest BCUT2D eigenvalue weighted by Crippen LogP contribution is -2.05. The number of aliphatic hydroxyl groups excluding tert-OH is 1. The molecule has 1 atom stereocenters.